The molecule has 30 heavy (non-hydrogen) atoms. The Bertz CT molecular complexity index is 893. The molecule has 0 aromatic heterocycles. The van der Waals surface area contributed by atoms with Gasteiger partial charge in [0, 0.05) is 31.7 Å². The molecule has 4 rings (SSSR count). The average Bonchev–Trinajstić information content (AvgIpc) is 2.95. The van der Waals surface area contributed by atoms with E-state index in [4.69, 9.17) is 9.47 Å². The monoisotopic (exact) mass is 420 g/mol. The fourth-order valence-electron chi connectivity index (χ4n) is 3.72. The molecule has 2 aliphatic rings. The lowest BCUT2D eigenvalue weighted by Crippen LogP contribution is -2.46. The summed E-state index contributed by atoms with van der Waals surface area (Å²) in [6.07, 6.45) is -4.35. The van der Waals surface area contributed by atoms with E-state index in [9.17, 15) is 18.0 Å². The van der Waals surface area contributed by atoms with Gasteiger partial charge in [-0.1, -0.05) is 18.2 Å². The number of nitrogens with zero attached hydrogens (tertiary/aromatic N) is 2. The molecule has 2 aliphatic heterocycles. The van der Waals surface area contributed by atoms with Gasteiger partial charge in [0.05, 0.1) is 25.3 Å². The number of morpholine rings is 1. The summed E-state index contributed by atoms with van der Waals surface area (Å²) < 4.78 is 49.6. The molecule has 0 saturated carbocycles. The second kappa shape index (κ2) is 8.65. The van der Waals surface area contributed by atoms with Gasteiger partial charge in [-0.3, -0.25) is 9.69 Å². The zero-order chi connectivity index (χ0) is 21.1. The summed E-state index contributed by atoms with van der Waals surface area (Å²) in [4.78, 5) is 16.4. The maximum absolute atomic E-state index is 12.8. The zero-order valence-corrected chi connectivity index (χ0v) is 16.5. The number of ether oxygens (including phenoxy) is 2. The Labute approximate surface area is 173 Å². The van der Waals surface area contributed by atoms with Gasteiger partial charge < -0.3 is 14.4 Å². The number of halogens is 3. The first-order chi connectivity index (χ1) is 14.4. The molecule has 160 valence electrons. The van der Waals surface area contributed by atoms with Gasteiger partial charge in [-0.15, -0.1) is 0 Å². The molecule has 1 amide bonds. The Hall–Kier alpha value is -2.58. The Morgan fingerprint density at radius 2 is 1.63 bits per heavy atom. The van der Waals surface area contributed by atoms with Gasteiger partial charge in [0.15, 0.2) is 0 Å². The molecule has 2 aromatic carbocycles. The van der Waals surface area contributed by atoms with Gasteiger partial charge in [-0.2, -0.15) is 13.2 Å². The average molecular weight is 420 g/mol. The van der Waals surface area contributed by atoms with Gasteiger partial charge in [0.2, 0.25) is 5.91 Å². The molecule has 0 unspecified atom stereocenters. The van der Waals surface area contributed by atoms with Crippen molar-refractivity contribution in [3.63, 3.8) is 0 Å². The van der Waals surface area contributed by atoms with Crippen LogP contribution in [0.2, 0.25) is 0 Å². The third kappa shape index (κ3) is 4.76. The highest BCUT2D eigenvalue weighted by Crippen LogP contribution is 2.33. The van der Waals surface area contributed by atoms with Crippen LogP contribution >= 0.6 is 0 Å². The third-order valence-electron chi connectivity index (χ3n) is 5.39. The minimum absolute atomic E-state index is 0.0700. The Balaban J connectivity index is 1.49. The van der Waals surface area contributed by atoms with Crippen LogP contribution in [0.4, 0.5) is 13.2 Å². The smallest absolute Gasteiger partial charge is 0.416 e. The SMILES string of the molecule is O=C(CN1CCOc2ccc(-c3ccc(C(F)(F)F)cc3)cc2C1)N1CCOCC1. The second-order valence-electron chi connectivity index (χ2n) is 7.45. The number of alkyl halides is 3. The van der Waals surface area contributed by atoms with Crippen LogP contribution in [0.1, 0.15) is 11.1 Å². The molecule has 2 aromatic rings. The van der Waals surface area contributed by atoms with Crippen LogP contribution < -0.4 is 4.74 Å². The maximum Gasteiger partial charge on any atom is 0.416 e. The van der Waals surface area contributed by atoms with Crippen molar-refractivity contribution in [3.8, 4) is 16.9 Å². The van der Waals surface area contributed by atoms with Crippen molar-refractivity contribution in [2.45, 2.75) is 12.7 Å². The van der Waals surface area contributed by atoms with Crippen molar-refractivity contribution < 1.29 is 27.4 Å². The number of rotatable bonds is 3. The number of fused-ring (bicyclic) bond motifs is 1. The van der Waals surface area contributed by atoms with Crippen LogP contribution in [0.3, 0.4) is 0 Å². The maximum atomic E-state index is 12.8. The normalized spacial score (nSPS) is 17.8. The molecule has 5 nitrogen and oxygen atoms in total. The third-order valence-corrected chi connectivity index (χ3v) is 5.39. The van der Waals surface area contributed by atoms with Crippen LogP contribution in [0, 0.1) is 0 Å². The first-order valence-corrected chi connectivity index (χ1v) is 9.91. The molecule has 1 fully saturated rings. The van der Waals surface area contributed by atoms with Gasteiger partial charge in [-0.05, 0) is 35.4 Å². The lowest BCUT2D eigenvalue weighted by Gasteiger charge is -2.29. The van der Waals surface area contributed by atoms with Crippen LogP contribution in [0.5, 0.6) is 5.75 Å². The van der Waals surface area contributed by atoms with Crippen LogP contribution in [-0.4, -0.2) is 61.7 Å². The molecular formula is C22H23F3N2O3. The first kappa shape index (κ1) is 20.7. The van der Waals surface area contributed by atoms with Crippen molar-refractivity contribution in [3.05, 3.63) is 53.6 Å². The molecule has 0 aliphatic carbocycles. The second-order valence-corrected chi connectivity index (χ2v) is 7.45. The van der Waals surface area contributed by atoms with Gasteiger partial charge >= 0.3 is 6.18 Å². The fourth-order valence-corrected chi connectivity index (χ4v) is 3.72. The molecule has 0 atom stereocenters. The van der Waals surface area contributed by atoms with E-state index in [1.807, 2.05) is 28.0 Å². The van der Waals surface area contributed by atoms with Crippen molar-refractivity contribution in [2.24, 2.45) is 0 Å². The van der Waals surface area contributed by atoms with E-state index in [2.05, 4.69) is 0 Å². The number of hydrogen-bond acceptors (Lipinski definition) is 4. The fraction of sp³-hybridized carbons (Fsp3) is 0.409. The first-order valence-electron chi connectivity index (χ1n) is 9.91. The zero-order valence-electron chi connectivity index (χ0n) is 16.5. The van der Waals surface area contributed by atoms with Gasteiger partial charge in [0.25, 0.3) is 0 Å². The molecule has 0 bridgehead atoms. The minimum Gasteiger partial charge on any atom is -0.492 e. The van der Waals surface area contributed by atoms with Crippen LogP contribution in [0.15, 0.2) is 42.5 Å². The van der Waals surface area contributed by atoms with E-state index < -0.39 is 11.7 Å². The molecule has 0 N–H and O–H groups in total. The summed E-state index contributed by atoms with van der Waals surface area (Å²) >= 11 is 0. The summed E-state index contributed by atoms with van der Waals surface area (Å²) in [5.74, 6) is 0.813. The summed E-state index contributed by atoms with van der Waals surface area (Å²) in [6.45, 7) is 4.29. The van der Waals surface area contributed by atoms with E-state index in [0.29, 0.717) is 58.1 Å². The number of carbonyl (C=O) groups is 1. The van der Waals surface area contributed by atoms with E-state index in [0.717, 1.165) is 29.0 Å². The number of amides is 1. The van der Waals surface area contributed by atoms with E-state index in [1.165, 1.54) is 12.1 Å². The highest BCUT2D eigenvalue weighted by Gasteiger charge is 2.30. The molecule has 2 heterocycles. The number of carbonyl (C=O) groups excluding carboxylic acids is 1. The Kier molecular flexibility index (Phi) is 5.97. The Morgan fingerprint density at radius 1 is 0.933 bits per heavy atom. The summed E-state index contributed by atoms with van der Waals surface area (Å²) in [7, 11) is 0. The molecular weight excluding hydrogens is 397 g/mol. The van der Waals surface area contributed by atoms with Crippen LogP contribution in [-0.2, 0) is 22.3 Å². The predicted octanol–water partition coefficient (Wildman–Crippen LogP) is 3.43. The largest absolute Gasteiger partial charge is 0.492 e. The molecule has 0 radical (unpaired) electrons. The van der Waals surface area contributed by atoms with Crippen molar-refractivity contribution >= 4 is 5.91 Å². The highest BCUT2D eigenvalue weighted by atomic mass is 19.4. The lowest BCUT2D eigenvalue weighted by molar-refractivity contribution is -0.138. The quantitative estimate of drug-likeness (QED) is 0.763. The van der Waals surface area contributed by atoms with Crippen molar-refractivity contribution in [1.82, 2.24) is 9.80 Å². The summed E-state index contributed by atoms with van der Waals surface area (Å²) in [5, 5.41) is 0. The molecule has 0 spiro atoms. The highest BCUT2D eigenvalue weighted by molar-refractivity contribution is 5.78. The lowest BCUT2D eigenvalue weighted by atomic mass is 10.0. The van der Waals surface area contributed by atoms with E-state index in [1.54, 1.807) is 0 Å². The standard InChI is InChI=1S/C22H23F3N2O3/c23-22(24,25)19-4-1-16(2-5-19)17-3-6-20-18(13-17)14-26(7-12-30-20)15-21(28)27-8-10-29-11-9-27/h1-6,13H,7-12,14-15H2. The Morgan fingerprint density at radius 3 is 2.33 bits per heavy atom. The molecule has 8 heteroatoms. The number of hydrogen-bond donors (Lipinski definition) is 0. The summed E-state index contributed by atoms with van der Waals surface area (Å²) in [5.41, 5.74) is 1.76. The van der Waals surface area contributed by atoms with Gasteiger partial charge in [-0.25, -0.2) is 0 Å². The predicted molar refractivity (Wildman–Crippen MR) is 105 cm³/mol. The van der Waals surface area contributed by atoms with E-state index >= 15 is 0 Å². The minimum atomic E-state index is -4.35. The summed E-state index contributed by atoms with van der Waals surface area (Å²) in [6, 6.07) is 10.7. The topological polar surface area (TPSA) is 42.0 Å². The van der Waals surface area contributed by atoms with Crippen molar-refractivity contribution in [2.75, 3.05) is 46.0 Å². The van der Waals surface area contributed by atoms with Crippen LogP contribution in [0.25, 0.3) is 11.1 Å². The van der Waals surface area contributed by atoms with Crippen molar-refractivity contribution in [1.29, 1.82) is 0 Å². The van der Waals surface area contributed by atoms with E-state index in [-0.39, 0.29) is 5.91 Å². The number of benzene rings is 2. The molecule has 1 saturated heterocycles. The van der Waals surface area contributed by atoms with Gasteiger partial charge in [0.1, 0.15) is 12.4 Å².